The van der Waals surface area contributed by atoms with Gasteiger partial charge in [0.2, 0.25) is 0 Å². The van der Waals surface area contributed by atoms with Gasteiger partial charge in [-0.15, -0.1) is 0 Å². The number of carbonyl (C=O) groups is 1. The number of hydrogen-bond acceptors (Lipinski definition) is 1. The van der Waals surface area contributed by atoms with Gasteiger partial charge in [0, 0.05) is 5.41 Å². The summed E-state index contributed by atoms with van der Waals surface area (Å²) in [5.41, 5.74) is 1.06. The molecule has 0 aromatic carbocycles. The van der Waals surface area contributed by atoms with Gasteiger partial charge in [-0.2, -0.15) is 0 Å². The normalized spacial score (nSPS) is 28.5. The van der Waals surface area contributed by atoms with Gasteiger partial charge in [0.25, 0.3) is 0 Å². The number of rotatable bonds is 3. The highest BCUT2D eigenvalue weighted by Gasteiger charge is 2.40. The molecule has 0 spiro atoms. The lowest BCUT2D eigenvalue weighted by atomic mass is 9.64. The highest BCUT2D eigenvalue weighted by Crippen LogP contribution is 2.44. The number of ketones is 1. The molecule has 0 aromatic rings. The molecule has 0 aromatic heterocycles. The maximum Gasteiger partial charge on any atom is 0.161 e. The van der Waals surface area contributed by atoms with E-state index in [1.54, 1.807) is 6.08 Å². The van der Waals surface area contributed by atoms with Crippen LogP contribution < -0.4 is 0 Å². The molecule has 1 rings (SSSR count). The molecule has 1 aliphatic carbocycles. The molecule has 0 aliphatic heterocycles. The molecule has 90 valence electrons. The zero-order valence-corrected chi connectivity index (χ0v) is 11.3. The van der Waals surface area contributed by atoms with E-state index in [-0.39, 0.29) is 16.6 Å². The fraction of sp³-hybridized carbons (Fsp3) is 0.667. The van der Waals surface area contributed by atoms with Crippen LogP contribution >= 0.6 is 0 Å². The van der Waals surface area contributed by atoms with Crippen LogP contribution in [0.4, 0.5) is 0 Å². The summed E-state index contributed by atoms with van der Waals surface area (Å²) in [5, 5.41) is 0. The van der Waals surface area contributed by atoms with Gasteiger partial charge in [-0.3, -0.25) is 4.79 Å². The first kappa shape index (κ1) is 13.2. The van der Waals surface area contributed by atoms with E-state index in [0.717, 1.165) is 12.8 Å². The first-order valence-electron chi connectivity index (χ1n) is 6.08. The molecule has 0 bridgehead atoms. The van der Waals surface area contributed by atoms with Crippen molar-refractivity contribution in [2.75, 3.05) is 0 Å². The molecule has 16 heavy (non-hydrogen) atoms. The van der Waals surface area contributed by atoms with Gasteiger partial charge in [-0.05, 0) is 30.3 Å². The molecular formula is C15H24O. The van der Waals surface area contributed by atoms with Crippen molar-refractivity contribution in [3.8, 4) is 0 Å². The summed E-state index contributed by atoms with van der Waals surface area (Å²) in [4.78, 5) is 12.0. The Morgan fingerprint density at radius 2 is 2.00 bits per heavy atom. The van der Waals surface area contributed by atoms with Gasteiger partial charge >= 0.3 is 0 Å². The minimum atomic E-state index is -0.250. The predicted octanol–water partition coefficient (Wildman–Crippen LogP) is 4.15. The quantitative estimate of drug-likeness (QED) is 0.653. The molecule has 1 unspecified atom stereocenters. The van der Waals surface area contributed by atoms with Crippen molar-refractivity contribution in [2.45, 2.75) is 47.5 Å². The smallest absolute Gasteiger partial charge is 0.161 e. The second-order valence-electron chi connectivity index (χ2n) is 6.41. The maximum atomic E-state index is 12.0. The lowest BCUT2D eigenvalue weighted by Gasteiger charge is -2.38. The van der Waals surface area contributed by atoms with Crippen LogP contribution in [0.5, 0.6) is 0 Å². The molecule has 1 heteroatoms. The number of allylic oxidation sites excluding steroid dienone is 3. The number of carbonyl (C=O) groups excluding carboxylic acids is 1. The van der Waals surface area contributed by atoms with Crippen molar-refractivity contribution < 1.29 is 4.79 Å². The second kappa shape index (κ2) is 4.20. The Hall–Kier alpha value is -0.850. The summed E-state index contributed by atoms with van der Waals surface area (Å²) in [5.74, 6) is 0.715. The van der Waals surface area contributed by atoms with Crippen molar-refractivity contribution in [1.29, 1.82) is 0 Å². The highest BCUT2D eigenvalue weighted by atomic mass is 16.1. The van der Waals surface area contributed by atoms with Crippen molar-refractivity contribution in [2.24, 2.45) is 16.7 Å². The van der Waals surface area contributed by atoms with Gasteiger partial charge < -0.3 is 0 Å². The highest BCUT2D eigenvalue weighted by molar-refractivity contribution is 5.95. The Morgan fingerprint density at radius 1 is 1.44 bits per heavy atom. The third kappa shape index (κ3) is 2.84. The maximum absolute atomic E-state index is 12.0. The largest absolute Gasteiger partial charge is 0.294 e. The van der Waals surface area contributed by atoms with Crippen LogP contribution in [0.15, 0.2) is 24.3 Å². The summed E-state index contributed by atoms with van der Waals surface area (Å²) in [6.45, 7) is 14.8. The Balaban J connectivity index is 2.88. The Bertz CT molecular complexity index is 333. The monoisotopic (exact) mass is 220 g/mol. The molecule has 0 N–H and O–H groups in total. The van der Waals surface area contributed by atoms with Crippen molar-refractivity contribution >= 4 is 5.78 Å². The van der Waals surface area contributed by atoms with Crippen molar-refractivity contribution in [3.05, 3.63) is 24.3 Å². The lowest BCUT2D eigenvalue weighted by Crippen LogP contribution is -2.36. The first-order valence-corrected chi connectivity index (χ1v) is 6.08. The third-order valence-electron chi connectivity index (χ3n) is 3.56. The summed E-state index contributed by atoms with van der Waals surface area (Å²) < 4.78 is 0. The van der Waals surface area contributed by atoms with E-state index in [9.17, 15) is 4.79 Å². The van der Waals surface area contributed by atoms with Gasteiger partial charge in [-0.1, -0.05) is 52.8 Å². The molecule has 0 fully saturated rings. The van der Waals surface area contributed by atoms with Crippen LogP contribution in [0.3, 0.4) is 0 Å². The fourth-order valence-electron chi connectivity index (χ4n) is 2.51. The lowest BCUT2D eigenvalue weighted by molar-refractivity contribution is -0.125. The minimum Gasteiger partial charge on any atom is -0.294 e. The Kier molecular flexibility index (Phi) is 3.47. The molecular weight excluding hydrogens is 196 g/mol. The summed E-state index contributed by atoms with van der Waals surface area (Å²) in [6, 6.07) is 0. The predicted molar refractivity (Wildman–Crippen MR) is 69.2 cm³/mol. The molecule has 0 saturated carbocycles. The van der Waals surface area contributed by atoms with Crippen LogP contribution in [0.25, 0.3) is 0 Å². The van der Waals surface area contributed by atoms with E-state index < -0.39 is 0 Å². The molecule has 0 saturated heterocycles. The van der Waals surface area contributed by atoms with Crippen LogP contribution in [0.1, 0.15) is 47.5 Å². The first-order chi connectivity index (χ1) is 7.16. The summed E-state index contributed by atoms with van der Waals surface area (Å²) >= 11 is 0. The summed E-state index contributed by atoms with van der Waals surface area (Å²) in [6.07, 6.45) is 5.53. The zero-order valence-electron chi connectivity index (χ0n) is 11.3. The molecule has 1 nitrogen and oxygen atoms in total. The SMILES string of the molecule is C=C(CC1(C)CC(C)(C)C=CC1=O)C(C)C. The van der Waals surface area contributed by atoms with Gasteiger partial charge in [-0.25, -0.2) is 0 Å². The van der Waals surface area contributed by atoms with Gasteiger partial charge in [0.15, 0.2) is 5.78 Å². The topological polar surface area (TPSA) is 17.1 Å². The van der Waals surface area contributed by atoms with Crippen molar-refractivity contribution in [1.82, 2.24) is 0 Å². The second-order valence-corrected chi connectivity index (χ2v) is 6.41. The van der Waals surface area contributed by atoms with Crippen LogP contribution in [0, 0.1) is 16.7 Å². The molecule has 1 aliphatic rings. The van der Waals surface area contributed by atoms with E-state index in [1.807, 2.05) is 6.08 Å². The van der Waals surface area contributed by atoms with E-state index in [0.29, 0.717) is 5.92 Å². The minimum absolute atomic E-state index is 0.125. The third-order valence-corrected chi connectivity index (χ3v) is 3.56. The number of hydrogen-bond donors (Lipinski definition) is 0. The van der Waals surface area contributed by atoms with Crippen molar-refractivity contribution in [3.63, 3.8) is 0 Å². The van der Waals surface area contributed by atoms with Crippen LogP contribution in [-0.4, -0.2) is 5.78 Å². The van der Waals surface area contributed by atoms with E-state index >= 15 is 0 Å². The van der Waals surface area contributed by atoms with Gasteiger partial charge in [0.05, 0.1) is 0 Å². The Labute approximate surface area is 99.6 Å². The standard InChI is InChI=1S/C15H24O/c1-11(2)12(3)9-15(6)10-14(4,5)8-7-13(15)16/h7-8,11H,3,9-10H2,1-2,4-6H3. The zero-order chi connectivity index (χ0) is 12.6. The average molecular weight is 220 g/mol. The Morgan fingerprint density at radius 3 is 2.50 bits per heavy atom. The van der Waals surface area contributed by atoms with E-state index in [1.165, 1.54) is 5.57 Å². The molecule has 1 atom stereocenters. The van der Waals surface area contributed by atoms with E-state index in [2.05, 4.69) is 41.2 Å². The van der Waals surface area contributed by atoms with E-state index in [4.69, 9.17) is 0 Å². The molecule has 0 amide bonds. The summed E-state index contributed by atoms with van der Waals surface area (Å²) in [7, 11) is 0. The fourth-order valence-corrected chi connectivity index (χ4v) is 2.51. The molecule has 0 heterocycles. The van der Waals surface area contributed by atoms with Gasteiger partial charge in [0.1, 0.15) is 0 Å². The van der Waals surface area contributed by atoms with Crippen LogP contribution in [-0.2, 0) is 4.79 Å². The van der Waals surface area contributed by atoms with Crippen LogP contribution in [0.2, 0.25) is 0 Å². The average Bonchev–Trinajstić information content (AvgIpc) is 2.11. The molecule has 0 radical (unpaired) electrons.